The van der Waals surface area contributed by atoms with Gasteiger partial charge in [-0.05, 0) is 63.9 Å². The van der Waals surface area contributed by atoms with Crippen LogP contribution in [-0.2, 0) is 4.74 Å². The van der Waals surface area contributed by atoms with Crippen LogP contribution in [0.4, 0.5) is 0 Å². The molecule has 0 aliphatic carbocycles. The van der Waals surface area contributed by atoms with E-state index in [0.29, 0.717) is 17.0 Å². The number of benzene rings is 1. The molecular formula is C20H23NO4. The number of ether oxygens (including phenoxy) is 2. The molecule has 0 radical (unpaired) electrons. The summed E-state index contributed by atoms with van der Waals surface area (Å²) in [5, 5.41) is 0. The molecule has 1 aromatic carbocycles. The van der Waals surface area contributed by atoms with Crippen molar-refractivity contribution in [2.24, 2.45) is 0 Å². The van der Waals surface area contributed by atoms with E-state index in [0.717, 1.165) is 23.0 Å². The van der Waals surface area contributed by atoms with Gasteiger partial charge in [0.2, 0.25) is 0 Å². The number of hydrogen-bond donors (Lipinski definition) is 0. The average Bonchev–Trinajstić information content (AvgIpc) is 2.53. The van der Waals surface area contributed by atoms with Gasteiger partial charge >= 0.3 is 5.97 Å². The molecule has 0 unspecified atom stereocenters. The fraction of sp³-hybridized carbons (Fsp3) is 0.350. The van der Waals surface area contributed by atoms with Gasteiger partial charge in [0.25, 0.3) is 0 Å². The molecule has 0 saturated heterocycles. The second-order valence-corrected chi connectivity index (χ2v) is 6.84. The van der Waals surface area contributed by atoms with Crippen LogP contribution < -0.4 is 4.74 Å². The minimum atomic E-state index is -0.595. The number of rotatable bonds is 4. The maximum absolute atomic E-state index is 12.4. The molecule has 0 aliphatic rings. The zero-order valence-electron chi connectivity index (χ0n) is 15.5. The lowest BCUT2D eigenvalue weighted by Crippen LogP contribution is -2.25. The Morgan fingerprint density at radius 2 is 1.80 bits per heavy atom. The van der Waals surface area contributed by atoms with E-state index in [2.05, 4.69) is 4.98 Å². The zero-order chi connectivity index (χ0) is 18.8. The summed E-state index contributed by atoms with van der Waals surface area (Å²) in [5.41, 5.74) is 3.02. The van der Waals surface area contributed by atoms with Crippen molar-refractivity contribution in [2.75, 3.05) is 7.11 Å². The van der Waals surface area contributed by atoms with Gasteiger partial charge < -0.3 is 9.47 Å². The second-order valence-electron chi connectivity index (χ2n) is 6.84. The molecule has 0 bridgehead atoms. The lowest BCUT2D eigenvalue weighted by atomic mass is 9.98. The van der Waals surface area contributed by atoms with Crippen LogP contribution >= 0.6 is 0 Å². The van der Waals surface area contributed by atoms with E-state index < -0.39 is 11.6 Å². The van der Waals surface area contributed by atoms with Crippen LogP contribution in [-0.4, -0.2) is 30.0 Å². The highest BCUT2D eigenvalue weighted by Gasteiger charge is 2.22. The molecule has 0 saturated carbocycles. The summed E-state index contributed by atoms with van der Waals surface area (Å²) in [6.45, 7) is 9.08. The largest absolute Gasteiger partial charge is 0.496 e. The zero-order valence-corrected chi connectivity index (χ0v) is 15.5. The summed E-state index contributed by atoms with van der Waals surface area (Å²) in [4.78, 5) is 28.3. The molecule has 2 aromatic rings. The summed E-state index contributed by atoms with van der Waals surface area (Å²) in [7, 11) is 1.52. The predicted molar refractivity (Wildman–Crippen MR) is 96.3 cm³/mol. The number of pyridine rings is 1. The van der Waals surface area contributed by atoms with Gasteiger partial charge in [0.15, 0.2) is 12.0 Å². The summed E-state index contributed by atoms with van der Waals surface area (Å²) in [5.74, 6) is 0.0457. The van der Waals surface area contributed by atoms with Crippen molar-refractivity contribution in [1.82, 2.24) is 4.98 Å². The fourth-order valence-corrected chi connectivity index (χ4v) is 2.52. The highest BCUT2D eigenvalue weighted by atomic mass is 16.6. The van der Waals surface area contributed by atoms with Crippen molar-refractivity contribution in [1.29, 1.82) is 0 Å². The lowest BCUT2D eigenvalue weighted by Gasteiger charge is -2.20. The molecule has 0 N–H and O–H groups in total. The molecule has 1 heterocycles. The predicted octanol–water partition coefficient (Wildman–Crippen LogP) is 4.14. The van der Waals surface area contributed by atoms with Crippen LogP contribution in [0.5, 0.6) is 5.75 Å². The first kappa shape index (κ1) is 18.6. The van der Waals surface area contributed by atoms with Gasteiger partial charge in [-0.3, -0.25) is 4.79 Å². The van der Waals surface area contributed by atoms with E-state index in [4.69, 9.17) is 9.47 Å². The quantitative estimate of drug-likeness (QED) is 0.617. The SMILES string of the molecule is COc1ccc(-c2ccc(C)c(C(=O)OC(C)(C)C)n2)c(C)c1C=O. The third kappa shape index (κ3) is 4.05. The third-order valence-corrected chi connectivity index (χ3v) is 3.78. The fourth-order valence-electron chi connectivity index (χ4n) is 2.52. The summed E-state index contributed by atoms with van der Waals surface area (Å²) >= 11 is 0. The normalized spacial score (nSPS) is 11.1. The molecule has 0 amide bonds. The van der Waals surface area contributed by atoms with Gasteiger partial charge in [0.05, 0.1) is 18.4 Å². The van der Waals surface area contributed by atoms with Crippen molar-refractivity contribution < 1.29 is 19.1 Å². The first-order valence-corrected chi connectivity index (χ1v) is 8.02. The van der Waals surface area contributed by atoms with Gasteiger partial charge in [0, 0.05) is 5.56 Å². The molecule has 5 nitrogen and oxygen atoms in total. The number of esters is 1. The van der Waals surface area contributed by atoms with Gasteiger partial charge in [-0.15, -0.1) is 0 Å². The first-order chi connectivity index (χ1) is 11.7. The molecule has 0 fully saturated rings. The van der Waals surface area contributed by atoms with Crippen LogP contribution in [0.2, 0.25) is 0 Å². The first-order valence-electron chi connectivity index (χ1n) is 8.02. The number of aldehydes is 1. The van der Waals surface area contributed by atoms with E-state index >= 15 is 0 Å². The van der Waals surface area contributed by atoms with Gasteiger partial charge in [0.1, 0.15) is 11.4 Å². The topological polar surface area (TPSA) is 65.5 Å². The van der Waals surface area contributed by atoms with Crippen LogP contribution in [0.15, 0.2) is 24.3 Å². The Bertz CT molecular complexity index is 819. The Morgan fingerprint density at radius 1 is 1.12 bits per heavy atom. The Hall–Kier alpha value is -2.69. The summed E-state index contributed by atoms with van der Waals surface area (Å²) in [6, 6.07) is 7.21. The monoisotopic (exact) mass is 341 g/mol. The van der Waals surface area contributed by atoms with Crippen molar-refractivity contribution >= 4 is 12.3 Å². The number of aryl methyl sites for hydroxylation is 1. The number of carbonyl (C=O) groups excluding carboxylic acids is 2. The van der Waals surface area contributed by atoms with E-state index in [-0.39, 0.29) is 5.69 Å². The summed E-state index contributed by atoms with van der Waals surface area (Å²) < 4.78 is 10.6. The highest BCUT2D eigenvalue weighted by Crippen LogP contribution is 2.30. The molecule has 132 valence electrons. The van der Waals surface area contributed by atoms with Crippen LogP contribution in [0.1, 0.15) is 52.7 Å². The maximum Gasteiger partial charge on any atom is 0.357 e. The van der Waals surface area contributed by atoms with Gasteiger partial charge in [-0.1, -0.05) is 6.07 Å². The number of nitrogens with zero attached hydrogens (tertiary/aromatic N) is 1. The highest BCUT2D eigenvalue weighted by molar-refractivity contribution is 5.91. The third-order valence-electron chi connectivity index (χ3n) is 3.78. The molecular weight excluding hydrogens is 318 g/mol. The Morgan fingerprint density at radius 3 is 2.36 bits per heavy atom. The molecule has 0 atom stereocenters. The Kier molecular flexibility index (Phi) is 5.26. The number of carbonyl (C=O) groups is 2. The minimum absolute atomic E-state index is 0.273. The standard InChI is InChI=1S/C20H23NO4/c1-12-7-9-16(21-18(12)19(23)25-20(3,4)5)14-8-10-17(24-6)15(11-22)13(14)2/h7-11H,1-6H3. The second kappa shape index (κ2) is 7.05. The van der Waals surface area contributed by atoms with Crippen LogP contribution in [0, 0.1) is 13.8 Å². The van der Waals surface area contributed by atoms with Crippen molar-refractivity contribution in [3.8, 4) is 17.0 Å². The minimum Gasteiger partial charge on any atom is -0.496 e. The van der Waals surface area contributed by atoms with E-state index in [9.17, 15) is 9.59 Å². The Labute approximate surface area is 148 Å². The van der Waals surface area contributed by atoms with Crippen molar-refractivity contribution in [2.45, 2.75) is 40.2 Å². The molecule has 25 heavy (non-hydrogen) atoms. The van der Waals surface area contributed by atoms with Crippen LogP contribution in [0.3, 0.4) is 0 Å². The van der Waals surface area contributed by atoms with Crippen molar-refractivity contribution in [3.63, 3.8) is 0 Å². The molecule has 0 aliphatic heterocycles. The molecule has 5 heteroatoms. The van der Waals surface area contributed by atoms with Crippen molar-refractivity contribution in [3.05, 3.63) is 46.6 Å². The summed E-state index contributed by atoms with van der Waals surface area (Å²) in [6.07, 6.45) is 0.765. The van der Waals surface area contributed by atoms with Gasteiger partial charge in [-0.25, -0.2) is 9.78 Å². The number of methoxy groups -OCH3 is 1. The number of aromatic nitrogens is 1. The average molecular weight is 341 g/mol. The van der Waals surface area contributed by atoms with Crippen LogP contribution in [0.25, 0.3) is 11.3 Å². The lowest BCUT2D eigenvalue weighted by molar-refractivity contribution is 0.00620. The van der Waals surface area contributed by atoms with E-state index in [1.54, 1.807) is 6.07 Å². The molecule has 0 spiro atoms. The van der Waals surface area contributed by atoms with E-state index in [1.165, 1.54) is 7.11 Å². The molecule has 1 aromatic heterocycles. The number of hydrogen-bond acceptors (Lipinski definition) is 5. The Balaban J connectivity index is 2.54. The molecule has 2 rings (SSSR count). The smallest absolute Gasteiger partial charge is 0.357 e. The van der Waals surface area contributed by atoms with Gasteiger partial charge in [-0.2, -0.15) is 0 Å². The maximum atomic E-state index is 12.4. The van der Waals surface area contributed by atoms with E-state index in [1.807, 2.05) is 52.8 Å².